The van der Waals surface area contributed by atoms with Gasteiger partial charge < -0.3 is 14.5 Å². The number of ether oxygens (including phenoxy) is 1. The molecule has 0 radical (unpaired) electrons. The molecule has 0 N–H and O–H groups in total. The van der Waals surface area contributed by atoms with Crippen LogP contribution < -0.4 is 14.5 Å². The number of piperazine rings is 1. The largest absolute Gasteiger partial charge is 0.482 e. The van der Waals surface area contributed by atoms with E-state index < -0.39 is 27.7 Å². The molecule has 0 saturated carbocycles. The minimum atomic E-state index is -4.44. The number of halogens is 3. The van der Waals surface area contributed by atoms with E-state index >= 15 is 0 Å². The van der Waals surface area contributed by atoms with Crippen molar-refractivity contribution in [2.24, 2.45) is 0 Å². The fourth-order valence-corrected chi connectivity index (χ4v) is 6.46. The van der Waals surface area contributed by atoms with Gasteiger partial charge in [-0.05, 0) is 49.2 Å². The molecule has 3 aliphatic rings. The molecular weight excluding hydrogens is 525 g/mol. The third kappa shape index (κ3) is 5.17. The van der Waals surface area contributed by atoms with Gasteiger partial charge >= 0.3 is 6.18 Å². The molecule has 0 aromatic heterocycles. The van der Waals surface area contributed by atoms with Gasteiger partial charge in [0.25, 0.3) is 5.91 Å². The number of nitrogens with zero attached hydrogens (tertiary/aromatic N) is 4. The zero-order chi connectivity index (χ0) is 27.1. The van der Waals surface area contributed by atoms with Crippen LogP contribution >= 0.6 is 0 Å². The zero-order valence-electron chi connectivity index (χ0n) is 20.5. The molecule has 0 aliphatic carbocycles. The van der Waals surface area contributed by atoms with Gasteiger partial charge in [0.05, 0.1) is 16.1 Å². The normalized spacial score (nSPS) is 18.9. The molecule has 13 heteroatoms. The standard InChI is InChI=1S/C25H27F3N4O5S/c26-25(27,28)18-4-3-5-19(14-18)29-10-12-30(13-11-29)23(33)16-32-21-15-20(6-7-22(21)37-17-24(32)34)38(35,36)31-8-1-2-9-31/h3-7,14-15H,1-2,8-13,16-17H2. The van der Waals surface area contributed by atoms with Crippen LogP contribution in [0.15, 0.2) is 47.4 Å². The average molecular weight is 553 g/mol. The Balaban J connectivity index is 1.28. The molecule has 3 heterocycles. The van der Waals surface area contributed by atoms with Crippen LogP contribution in [-0.4, -0.2) is 81.9 Å². The number of sulfonamides is 1. The summed E-state index contributed by atoms with van der Waals surface area (Å²) in [5.74, 6) is -0.501. The molecule has 2 aromatic carbocycles. The number of fused-ring (bicyclic) bond motifs is 1. The third-order valence-corrected chi connectivity index (χ3v) is 8.94. The van der Waals surface area contributed by atoms with E-state index in [1.807, 2.05) is 0 Å². The zero-order valence-corrected chi connectivity index (χ0v) is 21.3. The summed E-state index contributed by atoms with van der Waals surface area (Å²) >= 11 is 0. The Labute approximate surface area is 218 Å². The molecule has 5 rings (SSSR count). The van der Waals surface area contributed by atoms with E-state index in [2.05, 4.69) is 0 Å². The van der Waals surface area contributed by atoms with Gasteiger partial charge in [-0.15, -0.1) is 0 Å². The summed E-state index contributed by atoms with van der Waals surface area (Å²) in [6.07, 6.45) is -2.87. The maximum Gasteiger partial charge on any atom is 0.416 e. The quantitative estimate of drug-likeness (QED) is 0.567. The van der Waals surface area contributed by atoms with Crippen molar-refractivity contribution in [3.8, 4) is 5.75 Å². The molecule has 9 nitrogen and oxygen atoms in total. The predicted octanol–water partition coefficient (Wildman–Crippen LogP) is 2.56. The van der Waals surface area contributed by atoms with Crippen molar-refractivity contribution in [3.05, 3.63) is 48.0 Å². The van der Waals surface area contributed by atoms with Gasteiger partial charge in [0, 0.05) is 45.0 Å². The summed E-state index contributed by atoms with van der Waals surface area (Å²) in [6.45, 7) is 1.49. The Bertz CT molecular complexity index is 1340. The molecule has 2 saturated heterocycles. The number of carbonyl (C=O) groups is 2. The summed E-state index contributed by atoms with van der Waals surface area (Å²) in [7, 11) is -3.74. The number of hydrogen-bond acceptors (Lipinski definition) is 6. The van der Waals surface area contributed by atoms with Crippen molar-refractivity contribution in [1.29, 1.82) is 0 Å². The molecule has 0 bridgehead atoms. The first-order valence-electron chi connectivity index (χ1n) is 12.3. The van der Waals surface area contributed by atoms with Crippen molar-refractivity contribution in [1.82, 2.24) is 9.21 Å². The first kappa shape index (κ1) is 26.3. The fourth-order valence-electron chi connectivity index (χ4n) is 4.92. The van der Waals surface area contributed by atoms with Crippen LogP contribution in [0, 0.1) is 0 Å². The molecule has 38 heavy (non-hydrogen) atoms. The lowest BCUT2D eigenvalue weighted by Gasteiger charge is -2.37. The summed E-state index contributed by atoms with van der Waals surface area (Å²) in [5.41, 5.74) is -0.0856. The molecule has 0 atom stereocenters. The van der Waals surface area contributed by atoms with Crippen LogP contribution in [0.25, 0.3) is 0 Å². The fraction of sp³-hybridized carbons (Fsp3) is 0.440. The van der Waals surface area contributed by atoms with E-state index in [9.17, 15) is 31.2 Å². The Kier molecular flexibility index (Phi) is 6.99. The Morgan fingerprint density at radius 3 is 2.34 bits per heavy atom. The highest BCUT2D eigenvalue weighted by Gasteiger charge is 2.34. The summed E-state index contributed by atoms with van der Waals surface area (Å²) in [4.78, 5) is 30.5. The van der Waals surface area contributed by atoms with Crippen LogP contribution in [0.3, 0.4) is 0 Å². The van der Waals surface area contributed by atoms with Gasteiger partial charge in [0.1, 0.15) is 12.3 Å². The first-order chi connectivity index (χ1) is 18.0. The van der Waals surface area contributed by atoms with E-state index in [0.717, 1.165) is 25.0 Å². The molecule has 204 valence electrons. The van der Waals surface area contributed by atoms with Gasteiger partial charge in [-0.2, -0.15) is 17.5 Å². The average Bonchev–Trinajstić information content (AvgIpc) is 3.46. The lowest BCUT2D eigenvalue weighted by Crippen LogP contribution is -2.53. The van der Waals surface area contributed by atoms with Crippen LogP contribution in [-0.2, 0) is 25.8 Å². The number of benzene rings is 2. The number of rotatable bonds is 5. The van der Waals surface area contributed by atoms with Gasteiger partial charge in [0.15, 0.2) is 6.61 Å². The monoisotopic (exact) mass is 552 g/mol. The van der Waals surface area contributed by atoms with E-state index in [1.54, 1.807) is 15.9 Å². The van der Waals surface area contributed by atoms with Crippen molar-refractivity contribution < 1.29 is 35.9 Å². The molecule has 0 spiro atoms. The van der Waals surface area contributed by atoms with Gasteiger partial charge in [-0.25, -0.2) is 8.42 Å². The number of carbonyl (C=O) groups excluding carboxylic acids is 2. The lowest BCUT2D eigenvalue weighted by atomic mass is 10.1. The molecule has 3 aliphatic heterocycles. The summed E-state index contributed by atoms with van der Waals surface area (Å²) < 4.78 is 72.2. The summed E-state index contributed by atoms with van der Waals surface area (Å²) in [6, 6.07) is 9.38. The van der Waals surface area contributed by atoms with Gasteiger partial charge in [0.2, 0.25) is 15.9 Å². The maximum absolute atomic E-state index is 13.1. The molecule has 0 unspecified atom stereocenters. The van der Waals surface area contributed by atoms with E-state index in [4.69, 9.17) is 4.74 Å². The number of amides is 2. The molecular formula is C25H27F3N4O5S. The molecule has 2 fully saturated rings. The van der Waals surface area contributed by atoms with Crippen LogP contribution in [0.1, 0.15) is 18.4 Å². The van der Waals surface area contributed by atoms with Gasteiger partial charge in [-0.1, -0.05) is 6.07 Å². The van der Waals surface area contributed by atoms with Crippen LogP contribution in [0.4, 0.5) is 24.5 Å². The molecule has 2 amide bonds. The van der Waals surface area contributed by atoms with Crippen LogP contribution in [0.2, 0.25) is 0 Å². The lowest BCUT2D eigenvalue weighted by molar-refractivity contribution is -0.137. The van der Waals surface area contributed by atoms with E-state index in [0.29, 0.717) is 37.6 Å². The Hall–Kier alpha value is -3.32. The Morgan fingerprint density at radius 1 is 0.947 bits per heavy atom. The highest BCUT2D eigenvalue weighted by atomic mass is 32.2. The predicted molar refractivity (Wildman–Crippen MR) is 133 cm³/mol. The van der Waals surface area contributed by atoms with Crippen molar-refractivity contribution in [2.75, 3.05) is 62.2 Å². The smallest absolute Gasteiger partial charge is 0.416 e. The Morgan fingerprint density at radius 2 is 1.66 bits per heavy atom. The second-order valence-corrected chi connectivity index (χ2v) is 11.4. The minimum absolute atomic E-state index is 0.0311. The molecule has 2 aromatic rings. The number of hydrogen-bond donors (Lipinski definition) is 0. The summed E-state index contributed by atoms with van der Waals surface area (Å²) in [5, 5.41) is 0. The van der Waals surface area contributed by atoms with E-state index in [-0.39, 0.29) is 42.7 Å². The third-order valence-electron chi connectivity index (χ3n) is 7.04. The highest BCUT2D eigenvalue weighted by Crippen LogP contribution is 2.36. The van der Waals surface area contributed by atoms with Gasteiger partial charge in [-0.3, -0.25) is 14.5 Å². The number of anilines is 2. The topological polar surface area (TPSA) is 90.5 Å². The van der Waals surface area contributed by atoms with Crippen molar-refractivity contribution in [3.63, 3.8) is 0 Å². The van der Waals surface area contributed by atoms with Crippen LogP contribution in [0.5, 0.6) is 5.75 Å². The highest BCUT2D eigenvalue weighted by molar-refractivity contribution is 7.89. The van der Waals surface area contributed by atoms with Crippen molar-refractivity contribution >= 4 is 33.2 Å². The SMILES string of the molecule is O=C(CN1C(=O)COc2ccc(S(=O)(=O)N3CCCC3)cc21)N1CCN(c2cccc(C(F)(F)F)c2)CC1. The first-order valence-corrected chi connectivity index (χ1v) is 13.8. The second-order valence-electron chi connectivity index (χ2n) is 9.43. The maximum atomic E-state index is 13.1. The second kappa shape index (κ2) is 10.1. The van der Waals surface area contributed by atoms with E-state index in [1.165, 1.54) is 33.5 Å². The van der Waals surface area contributed by atoms with Crippen molar-refractivity contribution in [2.45, 2.75) is 23.9 Å². The number of alkyl halides is 3. The minimum Gasteiger partial charge on any atom is -0.482 e.